The first-order chi connectivity index (χ1) is 5.27. The largest absolute Gasteiger partial charge is 0.479 e. The lowest BCUT2D eigenvalue weighted by atomic mass is 10.3. The molecule has 0 saturated heterocycles. The Morgan fingerprint density at radius 2 is 2.64 bits per heavy atom. The Morgan fingerprint density at radius 1 is 1.91 bits per heavy atom. The Labute approximate surface area is 63.7 Å². The quantitative estimate of drug-likeness (QED) is 0.629. The third-order valence-corrected chi connectivity index (χ3v) is 1.27. The van der Waals surface area contributed by atoms with Gasteiger partial charge in [-0.1, -0.05) is 0 Å². The summed E-state index contributed by atoms with van der Waals surface area (Å²) >= 11 is 0. The van der Waals surface area contributed by atoms with Crippen molar-refractivity contribution >= 4 is 0 Å². The molecule has 0 spiro atoms. The molecule has 11 heavy (non-hydrogen) atoms. The van der Waals surface area contributed by atoms with Crippen molar-refractivity contribution in [3.63, 3.8) is 0 Å². The van der Waals surface area contributed by atoms with E-state index in [4.69, 9.17) is 20.1 Å². The Kier molecular flexibility index (Phi) is 2.45. The molecule has 0 unspecified atom stereocenters. The Balaban J connectivity index is 2.71. The minimum atomic E-state index is -0.800. The molecule has 0 aliphatic heterocycles. The number of aliphatic hydroxyl groups is 1. The van der Waals surface area contributed by atoms with Crippen LogP contribution < -0.4 is 10.5 Å². The molecule has 5 nitrogen and oxygen atoms in total. The van der Waals surface area contributed by atoms with E-state index in [2.05, 4.69) is 5.16 Å². The van der Waals surface area contributed by atoms with Crippen molar-refractivity contribution in [2.24, 2.45) is 5.73 Å². The number of ether oxygens (including phenoxy) is 1. The zero-order valence-corrected chi connectivity index (χ0v) is 6.15. The van der Waals surface area contributed by atoms with Gasteiger partial charge in [0.15, 0.2) is 5.76 Å². The molecule has 0 radical (unpaired) electrons. The molecule has 0 aliphatic rings. The summed E-state index contributed by atoms with van der Waals surface area (Å²) in [5.74, 6) is 0.664. The first-order valence-electron chi connectivity index (χ1n) is 3.16. The van der Waals surface area contributed by atoms with Gasteiger partial charge in [-0.2, -0.15) is 0 Å². The smallest absolute Gasteiger partial charge is 0.254 e. The first kappa shape index (κ1) is 8.03. The fourth-order valence-corrected chi connectivity index (χ4v) is 0.641. The SMILES string of the molecule is COc1cc([C@H](O)CN)on1. The highest BCUT2D eigenvalue weighted by molar-refractivity contribution is 5.12. The zero-order valence-electron chi connectivity index (χ0n) is 6.15. The number of nitrogens with zero attached hydrogens (tertiary/aromatic N) is 1. The molecule has 3 N–H and O–H groups in total. The monoisotopic (exact) mass is 158 g/mol. The molecule has 1 rings (SSSR count). The highest BCUT2D eigenvalue weighted by Crippen LogP contribution is 2.16. The lowest BCUT2D eigenvalue weighted by Gasteiger charge is -1.98. The second-order valence-electron chi connectivity index (χ2n) is 2.02. The number of aromatic nitrogens is 1. The summed E-state index contributed by atoms with van der Waals surface area (Å²) in [6.45, 7) is 0.109. The molecule has 1 aromatic heterocycles. The van der Waals surface area contributed by atoms with E-state index in [9.17, 15) is 0 Å². The molecule has 0 aromatic carbocycles. The van der Waals surface area contributed by atoms with E-state index in [1.165, 1.54) is 13.2 Å². The van der Waals surface area contributed by atoms with Crippen LogP contribution in [-0.4, -0.2) is 23.9 Å². The second kappa shape index (κ2) is 3.36. The van der Waals surface area contributed by atoms with Gasteiger partial charge in [-0.05, 0) is 5.16 Å². The van der Waals surface area contributed by atoms with Gasteiger partial charge in [0.1, 0.15) is 6.10 Å². The van der Waals surface area contributed by atoms with E-state index in [1.807, 2.05) is 0 Å². The van der Waals surface area contributed by atoms with Crippen LogP contribution >= 0.6 is 0 Å². The van der Waals surface area contributed by atoms with Crippen LogP contribution in [0.25, 0.3) is 0 Å². The molecule has 0 fully saturated rings. The minimum Gasteiger partial charge on any atom is -0.479 e. The number of hydrogen-bond donors (Lipinski definition) is 2. The number of nitrogens with two attached hydrogens (primary N) is 1. The molecule has 62 valence electrons. The van der Waals surface area contributed by atoms with Gasteiger partial charge in [-0.15, -0.1) is 0 Å². The summed E-state index contributed by atoms with van der Waals surface area (Å²) in [5.41, 5.74) is 5.18. The van der Waals surface area contributed by atoms with Crippen molar-refractivity contribution in [2.75, 3.05) is 13.7 Å². The lowest BCUT2D eigenvalue weighted by molar-refractivity contribution is 0.146. The predicted octanol–water partition coefficient (Wildman–Crippen LogP) is -0.325. The molecule has 1 atom stereocenters. The maximum Gasteiger partial charge on any atom is 0.254 e. The number of aliphatic hydroxyl groups excluding tert-OH is 1. The van der Waals surface area contributed by atoms with Crippen LogP contribution in [0, 0.1) is 0 Å². The third-order valence-electron chi connectivity index (χ3n) is 1.27. The van der Waals surface area contributed by atoms with Crippen LogP contribution in [-0.2, 0) is 0 Å². The molecule has 0 bridgehead atoms. The average molecular weight is 158 g/mol. The van der Waals surface area contributed by atoms with Crippen LogP contribution in [0.4, 0.5) is 0 Å². The highest BCUT2D eigenvalue weighted by Gasteiger charge is 2.11. The summed E-state index contributed by atoms with van der Waals surface area (Å²) in [4.78, 5) is 0. The lowest BCUT2D eigenvalue weighted by Crippen LogP contribution is -2.10. The van der Waals surface area contributed by atoms with Crippen LogP contribution in [0.5, 0.6) is 5.88 Å². The molecule has 0 saturated carbocycles. The number of rotatable bonds is 3. The van der Waals surface area contributed by atoms with Gasteiger partial charge in [0.2, 0.25) is 0 Å². The van der Waals surface area contributed by atoms with E-state index in [0.29, 0.717) is 11.6 Å². The highest BCUT2D eigenvalue weighted by atomic mass is 16.5. The van der Waals surface area contributed by atoms with Gasteiger partial charge in [-0.3, -0.25) is 0 Å². The first-order valence-corrected chi connectivity index (χ1v) is 3.16. The Morgan fingerprint density at radius 3 is 3.09 bits per heavy atom. The molecule has 0 amide bonds. The summed E-state index contributed by atoms with van der Waals surface area (Å²) in [7, 11) is 1.47. The molecule has 0 aliphatic carbocycles. The van der Waals surface area contributed by atoms with Crippen LogP contribution in [0.3, 0.4) is 0 Å². The van der Waals surface area contributed by atoms with Gasteiger partial charge in [0.05, 0.1) is 7.11 Å². The molecule has 1 aromatic rings. The van der Waals surface area contributed by atoms with Crippen molar-refractivity contribution in [3.8, 4) is 5.88 Å². The van der Waals surface area contributed by atoms with Crippen LogP contribution in [0.1, 0.15) is 11.9 Å². The van der Waals surface area contributed by atoms with Crippen LogP contribution in [0.2, 0.25) is 0 Å². The van der Waals surface area contributed by atoms with E-state index in [-0.39, 0.29) is 6.54 Å². The Bertz CT molecular complexity index is 223. The predicted molar refractivity (Wildman–Crippen MR) is 37.1 cm³/mol. The van der Waals surface area contributed by atoms with Crippen molar-refractivity contribution in [3.05, 3.63) is 11.8 Å². The number of methoxy groups -OCH3 is 1. The number of hydrogen-bond acceptors (Lipinski definition) is 5. The Hall–Kier alpha value is -1.07. The van der Waals surface area contributed by atoms with Crippen molar-refractivity contribution in [2.45, 2.75) is 6.10 Å². The van der Waals surface area contributed by atoms with E-state index < -0.39 is 6.10 Å². The fraction of sp³-hybridized carbons (Fsp3) is 0.500. The van der Waals surface area contributed by atoms with E-state index >= 15 is 0 Å². The van der Waals surface area contributed by atoms with Crippen molar-refractivity contribution in [1.82, 2.24) is 5.16 Å². The molecule has 5 heteroatoms. The molecular weight excluding hydrogens is 148 g/mol. The summed E-state index contributed by atoms with van der Waals surface area (Å²) in [5, 5.41) is 12.6. The third kappa shape index (κ3) is 1.69. The summed E-state index contributed by atoms with van der Waals surface area (Å²) < 4.78 is 9.44. The van der Waals surface area contributed by atoms with E-state index in [1.54, 1.807) is 0 Å². The zero-order chi connectivity index (χ0) is 8.27. The second-order valence-corrected chi connectivity index (χ2v) is 2.02. The molecule has 1 heterocycles. The summed E-state index contributed by atoms with van der Waals surface area (Å²) in [6.07, 6.45) is -0.800. The fourth-order valence-electron chi connectivity index (χ4n) is 0.641. The summed E-state index contributed by atoms with van der Waals surface area (Å²) in [6, 6.07) is 1.50. The van der Waals surface area contributed by atoms with Crippen LogP contribution in [0.15, 0.2) is 10.6 Å². The van der Waals surface area contributed by atoms with E-state index in [0.717, 1.165) is 0 Å². The standard InChI is InChI=1S/C6H10N2O3/c1-10-6-2-5(11-8-6)4(9)3-7/h2,4,9H,3,7H2,1H3/t4-/m1/s1. The van der Waals surface area contributed by atoms with Gasteiger partial charge in [0.25, 0.3) is 5.88 Å². The normalized spacial score (nSPS) is 13.0. The maximum absolute atomic E-state index is 9.12. The maximum atomic E-state index is 9.12. The van der Waals surface area contributed by atoms with Gasteiger partial charge >= 0.3 is 0 Å². The van der Waals surface area contributed by atoms with Crippen molar-refractivity contribution < 1.29 is 14.4 Å². The van der Waals surface area contributed by atoms with Gasteiger partial charge in [0, 0.05) is 12.6 Å². The topological polar surface area (TPSA) is 81.5 Å². The minimum absolute atomic E-state index is 0.109. The molecular formula is C6H10N2O3. The van der Waals surface area contributed by atoms with Gasteiger partial charge in [-0.25, -0.2) is 0 Å². The van der Waals surface area contributed by atoms with Gasteiger partial charge < -0.3 is 20.1 Å². The average Bonchev–Trinajstić information content (AvgIpc) is 2.50. The van der Waals surface area contributed by atoms with Crippen molar-refractivity contribution in [1.29, 1.82) is 0 Å².